The zero-order valence-electron chi connectivity index (χ0n) is 16.0. The SMILES string of the molecule is O=C(Nc1ccc(C2CC2)cc1)[C@H]1CCCCN1Cc1cccc2c1OCO2. The number of amides is 1. The third-order valence-corrected chi connectivity index (χ3v) is 5.99. The Morgan fingerprint density at radius 2 is 1.89 bits per heavy atom. The Morgan fingerprint density at radius 3 is 2.71 bits per heavy atom. The number of carbonyl (C=O) groups is 1. The molecule has 28 heavy (non-hydrogen) atoms. The molecule has 1 saturated carbocycles. The van der Waals surface area contributed by atoms with E-state index in [0.29, 0.717) is 6.54 Å². The summed E-state index contributed by atoms with van der Waals surface area (Å²) in [4.78, 5) is 15.3. The van der Waals surface area contributed by atoms with Crippen LogP contribution in [-0.2, 0) is 11.3 Å². The number of likely N-dealkylation sites (tertiary alicyclic amines) is 1. The molecule has 1 atom stereocenters. The number of carbonyl (C=O) groups excluding carboxylic acids is 1. The Balaban J connectivity index is 1.28. The number of para-hydroxylation sites is 1. The maximum absolute atomic E-state index is 13.0. The maximum Gasteiger partial charge on any atom is 0.241 e. The number of fused-ring (bicyclic) bond motifs is 1. The first-order valence-corrected chi connectivity index (χ1v) is 10.3. The fourth-order valence-corrected chi connectivity index (χ4v) is 4.29. The molecule has 5 nitrogen and oxygen atoms in total. The fourth-order valence-electron chi connectivity index (χ4n) is 4.29. The van der Waals surface area contributed by atoms with E-state index < -0.39 is 0 Å². The molecule has 0 spiro atoms. The second-order valence-electron chi connectivity index (χ2n) is 8.02. The van der Waals surface area contributed by atoms with Crippen LogP contribution in [0.4, 0.5) is 5.69 Å². The van der Waals surface area contributed by atoms with Crippen molar-refractivity contribution in [1.82, 2.24) is 4.90 Å². The standard InChI is InChI=1S/C23H26N2O3/c26-23(24-19-11-9-17(10-12-19)16-7-8-16)20-5-1-2-13-25(20)14-18-4-3-6-21-22(18)28-15-27-21/h3-4,6,9-12,16,20H,1-2,5,7-8,13-15H2,(H,24,26)/t20-/m1/s1. The van der Waals surface area contributed by atoms with Gasteiger partial charge < -0.3 is 14.8 Å². The molecule has 1 saturated heterocycles. The van der Waals surface area contributed by atoms with Crippen LogP contribution in [0.5, 0.6) is 11.5 Å². The van der Waals surface area contributed by atoms with E-state index >= 15 is 0 Å². The third-order valence-electron chi connectivity index (χ3n) is 5.99. The van der Waals surface area contributed by atoms with Gasteiger partial charge in [0, 0.05) is 17.8 Å². The minimum absolute atomic E-state index is 0.0867. The number of piperidine rings is 1. The monoisotopic (exact) mass is 378 g/mol. The maximum atomic E-state index is 13.0. The summed E-state index contributed by atoms with van der Waals surface area (Å²) in [5.41, 5.74) is 3.36. The van der Waals surface area contributed by atoms with Crippen molar-refractivity contribution in [2.75, 3.05) is 18.7 Å². The van der Waals surface area contributed by atoms with Crippen molar-refractivity contribution in [3.8, 4) is 11.5 Å². The normalized spacial score (nSPS) is 21.5. The quantitative estimate of drug-likeness (QED) is 0.843. The van der Waals surface area contributed by atoms with E-state index in [1.807, 2.05) is 24.3 Å². The molecular weight excluding hydrogens is 352 g/mol. The van der Waals surface area contributed by atoms with Crippen LogP contribution in [0.3, 0.4) is 0 Å². The first-order valence-electron chi connectivity index (χ1n) is 10.3. The van der Waals surface area contributed by atoms with E-state index in [2.05, 4.69) is 28.4 Å². The molecule has 3 aliphatic rings. The molecule has 146 valence electrons. The van der Waals surface area contributed by atoms with Crippen molar-refractivity contribution in [3.05, 3.63) is 53.6 Å². The van der Waals surface area contributed by atoms with Gasteiger partial charge in [-0.2, -0.15) is 0 Å². The molecule has 0 radical (unpaired) electrons. The lowest BCUT2D eigenvalue weighted by Gasteiger charge is -2.34. The lowest BCUT2D eigenvalue weighted by atomic mass is 10.00. The van der Waals surface area contributed by atoms with Gasteiger partial charge in [0.2, 0.25) is 12.7 Å². The number of rotatable bonds is 5. The van der Waals surface area contributed by atoms with Gasteiger partial charge in [0.25, 0.3) is 0 Å². The Labute approximate surface area is 165 Å². The summed E-state index contributed by atoms with van der Waals surface area (Å²) in [5, 5.41) is 3.13. The van der Waals surface area contributed by atoms with Crippen LogP contribution >= 0.6 is 0 Å². The average molecular weight is 378 g/mol. The van der Waals surface area contributed by atoms with Crippen molar-refractivity contribution in [2.24, 2.45) is 0 Å². The van der Waals surface area contributed by atoms with Crippen molar-refractivity contribution in [1.29, 1.82) is 0 Å². The van der Waals surface area contributed by atoms with Crippen molar-refractivity contribution in [3.63, 3.8) is 0 Å². The van der Waals surface area contributed by atoms with Gasteiger partial charge in [-0.1, -0.05) is 30.7 Å². The molecule has 2 aliphatic heterocycles. The van der Waals surface area contributed by atoms with E-state index in [4.69, 9.17) is 9.47 Å². The van der Waals surface area contributed by atoms with E-state index in [-0.39, 0.29) is 18.7 Å². The smallest absolute Gasteiger partial charge is 0.241 e. The predicted molar refractivity (Wildman–Crippen MR) is 108 cm³/mol. The molecule has 2 aromatic carbocycles. The highest BCUT2D eigenvalue weighted by atomic mass is 16.7. The van der Waals surface area contributed by atoms with Crippen LogP contribution in [0.25, 0.3) is 0 Å². The van der Waals surface area contributed by atoms with Gasteiger partial charge in [-0.3, -0.25) is 9.69 Å². The van der Waals surface area contributed by atoms with E-state index in [0.717, 1.165) is 54.5 Å². The van der Waals surface area contributed by atoms with Crippen LogP contribution in [0.1, 0.15) is 49.1 Å². The highest BCUT2D eigenvalue weighted by Gasteiger charge is 2.30. The van der Waals surface area contributed by atoms with Gasteiger partial charge in [0.1, 0.15) is 0 Å². The van der Waals surface area contributed by atoms with Crippen LogP contribution < -0.4 is 14.8 Å². The second kappa shape index (κ2) is 7.47. The lowest BCUT2D eigenvalue weighted by molar-refractivity contribution is -0.122. The molecule has 5 rings (SSSR count). The Morgan fingerprint density at radius 1 is 1.04 bits per heavy atom. The van der Waals surface area contributed by atoms with Gasteiger partial charge in [-0.15, -0.1) is 0 Å². The lowest BCUT2D eigenvalue weighted by Crippen LogP contribution is -2.46. The Bertz CT molecular complexity index is 861. The van der Waals surface area contributed by atoms with Crippen molar-refractivity contribution in [2.45, 2.75) is 50.6 Å². The highest BCUT2D eigenvalue weighted by Crippen LogP contribution is 2.40. The summed E-state index contributed by atoms with van der Waals surface area (Å²) in [5.74, 6) is 2.44. The van der Waals surface area contributed by atoms with Gasteiger partial charge in [0.05, 0.1) is 6.04 Å². The minimum Gasteiger partial charge on any atom is -0.454 e. The van der Waals surface area contributed by atoms with Gasteiger partial charge in [-0.05, 0) is 61.9 Å². The van der Waals surface area contributed by atoms with Crippen LogP contribution in [0, 0.1) is 0 Å². The van der Waals surface area contributed by atoms with Gasteiger partial charge in [0.15, 0.2) is 11.5 Å². The first-order chi connectivity index (χ1) is 13.8. The number of hydrogen-bond acceptors (Lipinski definition) is 4. The molecule has 1 amide bonds. The molecular formula is C23H26N2O3. The summed E-state index contributed by atoms with van der Waals surface area (Å²) >= 11 is 0. The van der Waals surface area contributed by atoms with Gasteiger partial charge >= 0.3 is 0 Å². The molecule has 2 heterocycles. The van der Waals surface area contributed by atoms with Crippen LogP contribution in [0.15, 0.2) is 42.5 Å². The summed E-state index contributed by atoms with van der Waals surface area (Å²) in [6, 6.07) is 14.2. The zero-order valence-corrected chi connectivity index (χ0v) is 16.0. The largest absolute Gasteiger partial charge is 0.454 e. The van der Waals surface area contributed by atoms with Crippen molar-refractivity contribution < 1.29 is 14.3 Å². The second-order valence-corrected chi connectivity index (χ2v) is 8.02. The molecule has 2 fully saturated rings. The van der Waals surface area contributed by atoms with Gasteiger partial charge in [-0.25, -0.2) is 0 Å². The number of benzene rings is 2. The molecule has 1 aliphatic carbocycles. The number of hydrogen-bond donors (Lipinski definition) is 1. The number of ether oxygens (including phenoxy) is 2. The number of nitrogens with zero attached hydrogens (tertiary/aromatic N) is 1. The Hall–Kier alpha value is -2.53. The third kappa shape index (κ3) is 3.59. The minimum atomic E-state index is -0.116. The molecule has 2 aromatic rings. The summed E-state index contributed by atoms with van der Waals surface area (Å²) in [6.45, 7) is 1.89. The fraction of sp³-hybridized carbons (Fsp3) is 0.435. The number of anilines is 1. The first kappa shape index (κ1) is 17.6. The summed E-state index contributed by atoms with van der Waals surface area (Å²) in [7, 11) is 0. The summed E-state index contributed by atoms with van der Waals surface area (Å²) in [6.07, 6.45) is 5.67. The molecule has 0 bridgehead atoms. The summed E-state index contributed by atoms with van der Waals surface area (Å²) < 4.78 is 11.1. The molecule has 0 aromatic heterocycles. The molecule has 5 heteroatoms. The van der Waals surface area contributed by atoms with Crippen LogP contribution in [-0.4, -0.2) is 30.2 Å². The predicted octanol–water partition coefficient (Wildman–Crippen LogP) is 4.29. The highest BCUT2D eigenvalue weighted by molar-refractivity contribution is 5.94. The van der Waals surface area contributed by atoms with E-state index in [1.165, 1.54) is 18.4 Å². The Kier molecular flexibility index (Phi) is 4.69. The molecule has 1 N–H and O–H groups in total. The average Bonchev–Trinajstić information content (AvgIpc) is 3.46. The van der Waals surface area contributed by atoms with Crippen LogP contribution in [0.2, 0.25) is 0 Å². The van der Waals surface area contributed by atoms with E-state index in [1.54, 1.807) is 0 Å². The van der Waals surface area contributed by atoms with E-state index in [9.17, 15) is 4.79 Å². The molecule has 0 unspecified atom stereocenters. The zero-order chi connectivity index (χ0) is 18.9. The number of nitrogens with one attached hydrogen (secondary N) is 1. The van der Waals surface area contributed by atoms with Crippen molar-refractivity contribution >= 4 is 11.6 Å². The topological polar surface area (TPSA) is 50.8 Å².